The van der Waals surface area contributed by atoms with Crippen LogP contribution in [0.15, 0.2) is 65.8 Å². The van der Waals surface area contributed by atoms with Gasteiger partial charge in [0.15, 0.2) is 5.16 Å². The maximum atomic E-state index is 8.03. The minimum atomic E-state index is 0.324. The lowest BCUT2D eigenvalue weighted by molar-refractivity contribution is 0.795. The first-order valence-corrected chi connectivity index (χ1v) is 12.1. The summed E-state index contributed by atoms with van der Waals surface area (Å²) >= 11 is 1.67. The summed E-state index contributed by atoms with van der Waals surface area (Å²) in [5.74, 6) is 1.75. The Kier molecular flexibility index (Phi) is 9.11. The third kappa shape index (κ3) is 6.82. The summed E-state index contributed by atoms with van der Waals surface area (Å²) in [5, 5.41) is 16.1. The highest BCUT2D eigenvalue weighted by Gasteiger charge is 2.16. The van der Waals surface area contributed by atoms with E-state index < -0.39 is 0 Å². The lowest BCUT2D eigenvalue weighted by atomic mass is 10.0. The molecule has 3 rings (SSSR count). The van der Waals surface area contributed by atoms with Crippen molar-refractivity contribution in [2.24, 2.45) is 0 Å². The molecule has 0 aliphatic heterocycles. The Labute approximate surface area is 196 Å². The molecule has 2 atom stereocenters. The first-order chi connectivity index (χ1) is 15.6. The molecule has 0 spiro atoms. The summed E-state index contributed by atoms with van der Waals surface area (Å²) in [6.07, 6.45) is 3.28. The van der Waals surface area contributed by atoms with E-state index in [4.69, 9.17) is 15.4 Å². The van der Waals surface area contributed by atoms with Gasteiger partial charge in [-0.25, -0.2) is 9.97 Å². The molecule has 6 heteroatoms. The average Bonchev–Trinajstić information content (AvgIpc) is 2.83. The van der Waals surface area contributed by atoms with E-state index in [2.05, 4.69) is 79.9 Å². The third-order valence-electron chi connectivity index (χ3n) is 5.44. The van der Waals surface area contributed by atoms with E-state index in [1.54, 1.807) is 11.8 Å². The lowest BCUT2D eigenvalue weighted by Gasteiger charge is -2.18. The zero-order valence-corrected chi connectivity index (χ0v) is 20.0. The molecule has 0 aliphatic rings. The van der Waals surface area contributed by atoms with Crippen molar-refractivity contribution in [3.63, 3.8) is 0 Å². The van der Waals surface area contributed by atoms with Crippen LogP contribution in [0.2, 0.25) is 0 Å². The summed E-state index contributed by atoms with van der Waals surface area (Å²) in [5.41, 5.74) is 3.25. The van der Waals surface area contributed by atoms with E-state index >= 15 is 0 Å². The number of aromatic nitrogens is 2. The second-order valence-electron chi connectivity index (χ2n) is 7.95. The fourth-order valence-corrected chi connectivity index (χ4v) is 4.10. The van der Waals surface area contributed by atoms with Gasteiger partial charge in [-0.15, -0.1) is 0 Å². The van der Waals surface area contributed by atoms with Crippen molar-refractivity contribution >= 4 is 29.6 Å². The van der Waals surface area contributed by atoms with Crippen molar-refractivity contribution in [3.05, 3.63) is 77.4 Å². The predicted octanol–water partition coefficient (Wildman–Crippen LogP) is 6.24. The van der Waals surface area contributed by atoms with Gasteiger partial charge >= 0.3 is 0 Å². The molecule has 0 saturated carbocycles. The van der Waals surface area contributed by atoms with E-state index in [0.717, 1.165) is 31.1 Å². The molecular weight excluding hydrogens is 414 g/mol. The Morgan fingerprint density at radius 3 is 2.19 bits per heavy atom. The molecule has 3 aromatic rings. The highest BCUT2D eigenvalue weighted by molar-refractivity contribution is 7.99. The summed E-state index contributed by atoms with van der Waals surface area (Å²) < 4.78 is 0. The topological polar surface area (TPSA) is 73.7 Å². The third-order valence-corrected chi connectivity index (χ3v) is 6.57. The van der Waals surface area contributed by atoms with Crippen LogP contribution in [-0.4, -0.2) is 34.5 Å². The monoisotopic (exact) mass is 447 g/mol. The quantitative estimate of drug-likeness (QED) is 0.174. The van der Waals surface area contributed by atoms with Crippen molar-refractivity contribution in [2.45, 2.75) is 49.9 Å². The zero-order chi connectivity index (χ0) is 22.8. The molecule has 3 N–H and O–H groups in total. The van der Waals surface area contributed by atoms with Crippen LogP contribution in [0, 0.1) is 5.41 Å². The number of nitrogens with zero attached hydrogens (tertiary/aromatic N) is 2. The van der Waals surface area contributed by atoms with Crippen molar-refractivity contribution in [2.75, 3.05) is 23.7 Å². The highest BCUT2D eigenvalue weighted by atomic mass is 32.2. The molecule has 5 nitrogen and oxygen atoms in total. The van der Waals surface area contributed by atoms with E-state index in [-0.39, 0.29) is 0 Å². The van der Waals surface area contributed by atoms with E-state index in [9.17, 15) is 0 Å². The van der Waals surface area contributed by atoms with Crippen LogP contribution < -0.4 is 10.6 Å². The van der Waals surface area contributed by atoms with Gasteiger partial charge in [0.25, 0.3) is 0 Å². The maximum Gasteiger partial charge on any atom is 0.191 e. The summed E-state index contributed by atoms with van der Waals surface area (Å²) in [6, 6.07) is 20.8. The van der Waals surface area contributed by atoms with Gasteiger partial charge in [0.05, 0.1) is 5.56 Å². The van der Waals surface area contributed by atoms with Crippen LogP contribution in [0.5, 0.6) is 0 Å². The average molecular weight is 448 g/mol. The molecule has 0 radical (unpaired) electrons. The molecule has 0 saturated heterocycles. The highest BCUT2D eigenvalue weighted by Crippen LogP contribution is 2.28. The van der Waals surface area contributed by atoms with Gasteiger partial charge in [0.2, 0.25) is 0 Å². The molecule has 1 heterocycles. The Morgan fingerprint density at radius 2 is 1.56 bits per heavy atom. The molecule has 0 fully saturated rings. The molecule has 2 unspecified atom stereocenters. The number of thioether (sulfide) groups is 1. The van der Waals surface area contributed by atoms with Crippen LogP contribution in [0.3, 0.4) is 0 Å². The molecule has 0 bridgehead atoms. The molecule has 32 heavy (non-hydrogen) atoms. The first-order valence-electron chi connectivity index (χ1n) is 11.3. The van der Waals surface area contributed by atoms with Gasteiger partial charge in [-0.05, 0) is 29.9 Å². The van der Waals surface area contributed by atoms with Crippen molar-refractivity contribution in [1.82, 2.24) is 9.97 Å². The summed E-state index contributed by atoms with van der Waals surface area (Å²) in [7, 11) is 0. The number of rotatable bonds is 12. The van der Waals surface area contributed by atoms with E-state index in [1.807, 2.05) is 12.1 Å². The number of anilines is 2. The first kappa shape index (κ1) is 23.8. The molecule has 168 valence electrons. The van der Waals surface area contributed by atoms with E-state index in [0.29, 0.717) is 28.4 Å². The van der Waals surface area contributed by atoms with Gasteiger partial charge in [-0.1, -0.05) is 93.2 Å². The van der Waals surface area contributed by atoms with Gasteiger partial charge in [0.1, 0.15) is 11.6 Å². The summed E-state index contributed by atoms with van der Waals surface area (Å²) in [4.78, 5) is 9.53. The van der Waals surface area contributed by atoms with Gasteiger partial charge in [0, 0.05) is 24.6 Å². The van der Waals surface area contributed by atoms with Gasteiger partial charge in [-0.2, -0.15) is 0 Å². The molecular formula is C26H33N5S. The Balaban J connectivity index is 1.78. The normalized spacial score (nSPS) is 12.7. The SMILES string of the molecule is CCC(C)Sc1nc(NCCc2ccccc2)c(C=N)c(NCC(C)c2ccccc2)n1. The van der Waals surface area contributed by atoms with Crippen LogP contribution in [0.1, 0.15) is 49.8 Å². The molecule has 0 amide bonds. The molecule has 0 aliphatic carbocycles. The Morgan fingerprint density at radius 1 is 0.938 bits per heavy atom. The summed E-state index contributed by atoms with van der Waals surface area (Å²) in [6.45, 7) is 8.03. The predicted molar refractivity (Wildman–Crippen MR) is 138 cm³/mol. The zero-order valence-electron chi connectivity index (χ0n) is 19.1. The second-order valence-corrected chi connectivity index (χ2v) is 9.36. The van der Waals surface area contributed by atoms with E-state index in [1.165, 1.54) is 17.3 Å². The minimum Gasteiger partial charge on any atom is -0.369 e. The Hall–Kier alpha value is -2.86. The van der Waals surface area contributed by atoms with Gasteiger partial charge < -0.3 is 16.0 Å². The van der Waals surface area contributed by atoms with Crippen molar-refractivity contribution < 1.29 is 0 Å². The minimum absolute atomic E-state index is 0.324. The number of hydrogen-bond acceptors (Lipinski definition) is 6. The van der Waals surface area contributed by atoms with Crippen LogP contribution >= 0.6 is 11.8 Å². The fourth-order valence-electron chi connectivity index (χ4n) is 3.29. The smallest absolute Gasteiger partial charge is 0.191 e. The van der Waals surface area contributed by atoms with Crippen molar-refractivity contribution in [3.8, 4) is 0 Å². The van der Waals surface area contributed by atoms with Crippen LogP contribution in [0.25, 0.3) is 0 Å². The standard InChI is InChI=1S/C26H33N5S/c1-4-20(3)32-26-30-24(28-16-15-21-11-7-5-8-12-21)23(17-27)25(31-26)29-18-19(2)22-13-9-6-10-14-22/h5-14,17,19-20,27H,4,15-16,18H2,1-3H3,(H2,28,29,30,31). The maximum absolute atomic E-state index is 8.03. The lowest BCUT2D eigenvalue weighted by Crippen LogP contribution is -2.16. The number of hydrogen-bond donors (Lipinski definition) is 3. The fraction of sp³-hybridized carbons (Fsp3) is 0.346. The number of benzene rings is 2. The van der Waals surface area contributed by atoms with Gasteiger partial charge in [-0.3, -0.25) is 0 Å². The molecule has 2 aromatic carbocycles. The second kappa shape index (κ2) is 12.2. The Bertz CT molecular complexity index is 978. The van der Waals surface area contributed by atoms with Crippen molar-refractivity contribution in [1.29, 1.82) is 5.41 Å². The van der Waals surface area contributed by atoms with Crippen LogP contribution in [0.4, 0.5) is 11.6 Å². The molecule has 1 aromatic heterocycles. The largest absolute Gasteiger partial charge is 0.369 e. The van der Waals surface area contributed by atoms with Crippen LogP contribution in [-0.2, 0) is 6.42 Å². The number of nitrogens with one attached hydrogen (secondary N) is 3.